The summed E-state index contributed by atoms with van der Waals surface area (Å²) in [7, 11) is 2.04. The molecule has 12 heteroatoms. The Morgan fingerprint density at radius 3 is 2.64 bits per heavy atom. The van der Waals surface area contributed by atoms with Gasteiger partial charge in [0.25, 0.3) is 5.56 Å². The van der Waals surface area contributed by atoms with Crippen LogP contribution >= 0.6 is 0 Å². The highest BCUT2D eigenvalue weighted by Gasteiger charge is 2.19. The number of aromatic nitrogens is 4. The maximum Gasteiger partial charge on any atom is 0.263 e. The molecule has 0 atom stereocenters. The first kappa shape index (κ1) is 25.5. The number of nitrogens with zero attached hydrogens (tertiary/aromatic N) is 6. The summed E-state index contributed by atoms with van der Waals surface area (Å²) >= 11 is 0. The number of hydrogen-bond donors (Lipinski definition) is 3. The Morgan fingerprint density at radius 1 is 1.13 bits per heavy atom. The number of nitriles is 1. The molecule has 3 heterocycles. The van der Waals surface area contributed by atoms with Crippen molar-refractivity contribution >= 4 is 40.0 Å². The van der Waals surface area contributed by atoms with Gasteiger partial charge >= 0.3 is 0 Å². The molecule has 1 amide bonds. The number of carbonyl (C=O) groups is 1. The van der Waals surface area contributed by atoms with Crippen molar-refractivity contribution in [2.24, 2.45) is 0 Å². The fourth-order valence-corrected chi connectivity index (χ4v) is 4.32. The summed E-state index contributed by atoms with van der Waals surface area (Å²) in [6.07, 6.45) is 1.14. The molecule has 1 aliphatic rings. The second kappa shape index (κ2) is 10.7. The van der Waals surface area contributed by atoms with Crippen LogP contribution in [0.15, 0.2) is 59.9 Å². The van der Waals surface area contributed by atoms with Gasteiger partial charge in [0, 0.05) is 43.1 Å². The topological polar surface area (TPSA) is 143 Å². The SMILES string of the molecule is C=CC(=O)Nc1cccc(-c2nc(Nc3ccc(N4CCN(C)CC4)c(F)c3)nc3nc(C#N)[nH]c(=O)c23)c1. The van der Waals surface area contributed by atoms with Gasteiger partial charge in [-0.1, -0.05) is 18.7 Å². The van der Waals surface area contributed by atoms with Gasteiger partial charge in [-0.3, -0.25) is 14.6 Å². The average molecular weight is 526 g/mol. The molecule has 0 saturated carbocycles. The van der Waals surface area contributed by atoms with Gasteiger partial charge in [-0.05, 0) is 43.5 Å². The van der Waals surface area contributed by atoms with Gasteiger partial charge in [-0.2, -0.15) is 15.2 Å². The summed E-state index contributed by atoms with van der Waals surface area (Å²) in [5.74, 6) is -0.954. The molecule has 11 nitrogen and oxygen atoms in total. The third-order valence-corrected chi connectivity index (χ3v) is 6.31. The summed E-state index contributed by atoms with van der Waals surface area (Å²) in [5.41, 5.74) is 1.45. The van der Waals surface area contributed by atoms with Crippen LogP contribution in [-0.2, 0) is 4.79 Å². The second-order valence-electron chi connectivity index (χ2n) is 8.98. The van der Waals surface area contributed by atoms with Crippen molar-refractivity contribution in [3.05, 3.63) is 77.1 Å². The molecule has 1 saturated heterocycles. The number of carbonyl (C=O) groups excluding carboxylic acids is 1. The van der Waals surface area contributed by atoms with Crippen molar-refractivity contribution in [3.63, 3.8) is 0 Å². The van der Waals surface area contributed by atoms with E-state index in [-0.39, 0.29) is 28.5 Å². The van der Waals surface area contributed by atoms with Gasteiger partial charge in [0.15, 0.2) is 5.65 Å². The highest BCUT2D eigenvalue weighted by Crippen LogP contribution is 2.29. The summed E-state index contributed by atoms with van der Waals surface area (Å²) in [6, 6.07) is 13.3. The first-order chi connectivity index (χ1) is 18.8. The van der Waals surface area contributed by atoms with Gasteiger partial charge in [-0.15, -0.1) is 0 Å². The molecule has 0 bridgehead atoms. The number of amides is 1. The molecular weight excluding hydrogens is 501 g/mol. The summed E-state index contributed by atoms with van der Waals surface area (Å²) in [6.45, 7) is 6.60. The van der Waals surface area contributed by atoms with Crippen LogP contribution in [-0.4, -0.2) is 64.0 Å². The van der Waals surface area contributed by atoms with Crippen LogP contribution in [0.3, 0.4) is 0 Å². The third kappa shape index (κ3) is 5.43. The van der Waals surface area contributed by atoms with Crippen LogP contribution in [0.1, 0.15) is 5.82 Å². The lowest BCUT2D eigenvalue weighted by atomic mass is 10.1. The van der Waals surface area contributed by atoms with E-state index in [1.165, 1.54) is 6.07 Å². The fourth-order valence-electron chi connectivity index (χ4n) is 4.32. The molecule has 2 aromatic carbocycles. The van der Waals surface area contributed by atoms with Crippen LogP contribution in [0.4, 0.5) is 27.4 Å². The molecule has 0 unspecified atom stereocenters. The van der Waals surface area contributed by atoms with Crippen molar-refractivity contribution in [1.82, 2.24) is 24.8 Å². The lowest BCUT2D eigenvalue weighted by Crippen LogP contribution is -2.44. The van der Waals surface area contributed by atoms with E-state index in [2.05, 4.69) is 42.0 Å². The second-order valence-corrected chi connectivity index (χ2v) is 8.98. The number of H-pyrrole nitrogens is 1. The van der Waals surface area contributed by atoms with E-state index in [1.807, 2.05) is 18.0 Å². The van der Waals surface area contributed by atoms with Crippen LogP contribution < -0.4 is 21.1 Å². The number of likely N-dealkylation sites (N-methyl/N-ethyl adjacent to an activating group) is 1. The zero-order valence-electron chi connectivity index (χ0n) is 21.0. The number of rotatable bonds is 6. The van der Waals surface area contributed by atoms with E-state index in [0.29, 0.717) is 22.6 Å². The Labute approximate surface area is 222 Å². The zero-order valence-corrected chi connectivity index (χ0v) is 21.0. The minimum absolute atomic E-state index is 0.0159. The van der Waals surface area contributed by atoms with Gasteiger partial charge in [0.1, 0.15) is 17.3 Å². The highest BCUT2D eigenvalue weighted by molar-refractivity contribution is 5.99. The van der Waals surface area contributed by atoms with Crippen LogP contribution in [0.25, 0.3) is 22.3 Å². The van der Waals surface area contributed by atoms with E-state index in [0.717, 1.165) is 32.3 Å². The van der Waals surface area contributed by atoms with Crippen LogP contribution in [0.5, 0.6) is 0 Å². The maximum atomic E-state index is 15.1. The summed E-state index contributed by atoms with van der Waals surface area (Å²) in [5, 5.41) is 15.0. The summed E-state index contributed by atoms with van der Waals surface area (Å²) in [4.78, 5) is 44.3. The standard InChI is InChI=1S/C27H24FN9O2/c1-3-22(38)30-17-6-4-5-16(13-17)24-23-25(32-21(15-29)33-26(23)39)35-27(34-24)31-18-7-8-20(19(28)14-18)37-11-9-36(2)10-12-37/h3-8,13-14H,1,9-12H2,2H3,(H,30,38)(H2,31,32,33,34,35,39). The Hall–Kier alpha value is -5.15. The number of nitrogens with one attached hydrogen (secondary N) is 3. The van der Waals surface area contributed by atoms with Crippen molar-refractivity contribution < 1.29 is 9.18 Å². The number of hydrogen-bond acceptors (Lipinski definition) is 9. The first-order valence-corrected chi connectivity index (χ1v) is 12.1. The smallest absolute Gasteiger partial charge is 0.263 e. The lowest BCUT2D eigenvalue weighted by molar-refractivity contribution is -0.111. The van der Waals surface area contributed by atoms with Crippen molar-refractivity contribution in [2.75, 3.05) is 48.8 Å². The molecule has 3 N–H and O–H groups in total. The normalized spacial score (nSPS) is 13.6. The minimum atomic E-state index is -0.596. The van der Waals surface area contributed by atoms with Crippen molar-refractivity contribution in [1.29, 1.82) is 5.26 Å². The number of aromatic amines is 1. The van der Waals surface area contributed by atoms with E-state index < -0.39 is 17.3 Å². The average Bonchev–Trinajstić information content (AvgIpc) is 2.93. The Kier molecular flexibility index (Phi) is 6.98. The van der Waals surface area contributed by atoms with Crippen molar-refractivity contribution in [2.45, 2.75) is 0 Å². The van der Waals surface area contributed by atoms with Gasteiger partial charge < -0.3 is 20.4 Å². The van der Waals surface area contributed by atoms with Crippen LogP contribution in [0, 0.1) is 17.1 Å². The number of piperazine rings is 1. The van der Waals surface area contributed by atoms with E-state index in [1.54, 1.807) is 36.4 Å². The van der Waals surface area contributed by atoms with Crippen LogP contribution in [0.2, 0.25) is 0 Å². The molecule has 196 valence electrons. The molecular formula is C27H24FN9O2. The Bertz CT molecular complexity index is 1690. The van der Waals surface area contributed by atoms with E-state index in [4.69, 9.17) is 0 Å². The molecule has 2 aromatic heterocycles. The number of anilines is 4. The predicted molar refractivity (Wildman–Crippen MR) is 146 cm³/mol. The molecule has 39 heavy (non-hydrogen) atoms. The molecule has 1 aliphatic heterocycles. The molecule has 4 aromatic rings. The Balaban J connectivity index is 1.55. The number of halogens is 1. The predicted octanol–water partition coefficient (Wildman–Crippen LogP) is 3.01. The highest BCUT2D eigenvalue weighted by atomic mass is 19.1. The quantitative estimate of drug-likeness (QED) is 0.324. The maximum absolute atomic E-state index is 15.1. The molecule has 0 radical (unpaired) electrons. The van der Waals surface area contributed by atoms with Gasteiger partial charge in [0.05, 0.1) is 11.4 Å². The van der Waals surface area contributed by atoms with E-state index >= 15 is 4.39 Å². The number of fused-ring (bicyclic) bond motifs is 1. The molecule has 0 aliphatic carbocycles. The van der Waals surface area contributed by atoms with Gasteiger partial charge in [-0.25, -0.2) is 9.37 Å². The minimum Gasteiger partial charge on any atom is -0.367 e. The van der Waals surface area contributed by atoms with Crippen molar-refractivity contribution in [3.8, 4) is 17.3 Å². The lowest BCUT2D eigenvalue weighted by Gasteiger charge is -2.34. The van der Waals surface area contributed by atoms with Gasteiger partial charge in [0.2, 0.25) is 17.7 Å². The fraction of sp³-hybridized carbons (Fsp3) is 0.185. The zero-order chi connectivity index (χ0) is 27.5. The molecule has 0 spiro atoms. The summed E-state index contributed by atoms with van der Waals surface area (Å²) < 4.78 is 15.1. The third-order valence-electron chi connectivity index (χ3n) is 6.31. The largest absolute Gasteiger partial charge is 0.367 e. The number of benzene rings is 2. The molecule has 5 rings (SSSR count). The first-order valence-electron chi connectivity index (χ1n) is 12.1. The monoisotopic (exact) mass is 525 g/mol. The van der Waals surface area contributed by atoms with E-state index in [9.17, 15) is 14.9 Å². The Morgan fingerprint density at radius 2 is 1.92 bits per heavy atom. The molecule has 1 fully saturated rings.